The molecule has 0 saturated heterocycles. The van der Waals surface area contributed by atoms with Crippen molar-refractivity contribution < 1.29 is 4.79 Å². The van der Waals surface area contributed by atoms with Crippen LogP contribution in [-0.4, -0.2) is 17.4 Å². The minimum absolute atomic E-state index is 0.113. The zero-order valence-electron chi connectivity index (χ0n) is 10.7. The standard InChI is InChI=1S/C13H17BrN2OS/c1-8-9(5-4-6-10(8)14)11(17)16-7-13(2,3)12(15)18/h4-6H,7H2,1-3H3,(H2,15,18)(H,16,17). The van der Waals surface area contributed by atoms with Crippen molar-refractivity contribution in [2.24, 2.45) is 11.1 Å². The first kappa shape index (κ1) is 15.1. The average molecular weight is 329 g/mol. The molecular formula is C13H17BrN2OS. The molecule has 1 rings (SSSR count). The van der Waals surface area contributed by atoms with Crippen LogP contribution in [-0.2, 0) is 0 Å². The van der Waals surface area contributed by atoms with Gasteiger partial charge in [0.15, 0.2) is 0 Å². The Labute approximate surface area is 121 Å². The Morgan fingerprint density at radius 1 is 1.50 bits per heavy atom. The largest absolute Gasteiger partial charge is 0.393 e. The molecule has 1 aromatic rings. The molecule has 0 aromatic heterocycles. The van der Waals surface area contributed by atoms with E-state index in [0.717, 1.165) is 10.0 Å². The predicted molar refractivity (Wildman–Crippen MR) is 81.8 cm³/mol. The molecule has 3 nitrogen and oxygen atoms in total. The summed E-state index contributed by atoms with van der Waals surface area (Å²) < 4.78 is 0.920. The highest BCUT2D eigenvalue weighted by atomic mass is 79.9. The van der Waals surface area contributed by atoms with Gasteiger partial charge in [0.2, 0.25) is 0 Å². The van der Waals surface area contributed by atoms with Gasteiger partial charge in [-0.1, -0.05) is 48.1 Å². The summed E-state index contributed by atoms with van der Waals surface area (Å²) in [4.78, 5) is 12.5. The van der Waals surface area contributed by atoms with E-state index in [1.807, 2.05) is 32.9 Å². The van der Waals surface area contributed by atoms with E-state index < -0.39 is 0 Å². The second-order valence-electron chi connectivity index (χ2n) is 4.84. The van der Waals surface area contributed by atoms with Crippen LogP contribution in [0.15, 0.2) is 22.7 Å². The first-order valence-electron chi connectivity index (χ1n) is 5.59. The number of rotatable bonds is 4. The fourth-order valence-corrected chi connectivity index (χ4v) is 1.78. The molecule has 0 aliphatic heterocycles. The molecule has 18 heavy (non-hydrogen) atoms. The molecule has 0 heterocycles. The third kappa shape index (κ3) is 3.53. The molecule has 1 amide bonds. The van der Waals surface area contributed by atoms with E-state index in [2.05, 4.69) is 21.2 Å². The zero-order valence-corrected chi connectivity index (χ0v) is 13.1. The highest BCUT2D eigenvalue weighted by molar-refractivity contribution is 9.10. The minimum Gasteiger partial charge on any atom is -0.393 e. The van der Waals surface area contributed by atoms with E-state index in [-0.39, 0.29) is 11.3 Å². The predicted octanol–water partition coefficient (Wildman–Crippen LogP) is 2.80. The summed E-state index contributed by atoms with van der Waals surface area (Å²) in [6.07, 6.45) is 0. The normalized spacial score (nSPS) is 11.1. The van der Waals surface area contributed by atoms with Crippen LogP contribution in [0.1, 0.15) is 29.8 Å². The monoisotopic (exact) mass is 328 g/mol. The van der Waals surface area contributed by atoms with Gasteiger partial charge in [-0.2, -0.15) is 0 Å². The number of hydrogen-bond acceptors (Lipinski definition) is 2. The van der Waals surface area contributed by atoms with Gasteiger partial charge in [0, 0.05) is 22.0 Å². The summed E-state index contributed by atoms with van der Waals surface area (Å²) in [5, 5.41) is 2.86. The van der Waals surface area contributed by atoms with Gasteiger partial charge in [-0.05, 0) is 24.6 Å². The second kappa shape index (κ2) is 5.80. The summed E-state index contributed by atoms with van der Waals surface area (Å²) in [6, 6.07) is 5.54. The van der Waals surface area contributed by atoms with Gasteiger partial charge in [-0.3, -0.25) is 4.79 Å². The van der Waals surface area contributed by atoms with Gasteiger partial charge >= 0.3 is 0 Å². The molecule has 0 saturated carbocycles. The van der Waals surface area contributed by atoms with E-state index in [0.29, 0.717) is 17.1 Å². The van der Waals surface area contributed by atoms with Gasteiger partial charge in [0.25, 0.3) is 5.91 Å². The number of hydrogen-bond donors (Lipinski definition) is 2. The molecule has 3 N–H and O–H groups in total. The fourth-order valence-electron chi connectivity index (χ4n) is 1.34. The van der Waals surface area contributed by atoms with Crippen molar-refractivity contribution in [2.45, 2.75) is 20.8 Å². The lowest BCUT2D eigenvalue weighted by atomic mass is 9.93. The van der Waals surface area contributed by atoms with Gasteiger partial charge in [-0.15, -0.1) is 0 Å². The van der Waals surface area contributed by atoms with Crippen molar-refractivity contribution in [1.29, 1.82) is 0 Å². The smallest absolute Gasteiger partial charge is 0.251 e. The zero-order chi connectivity index (χ0) is 13.9. The summed E-state index contributed by atoms with van der Waals surface area (Å²) in [6.45, 7) is 6.14. The van der Waals surface area contributed by atoms with E-state index in [1.54, 1.807) is 6.07 Å². The van der Waals surface area contributed by atoms with Crippen LogP contribution < -0.4 is 11.1 Å². The van der Waals surface area contributed by atoms with Gasteiger partial charge < -0.3 is 11.1 Å². The number of nitrogens with two attached hydrogens (primary N) is 1. The molecule has 5 heteroatoms. The quantitative estimate of drug-likeness (QED) is 0.835. The molecular weight excluding hydrogens is 312 g/mol. The lowest BCUT2D eigenvalue weighted by Crippen LogP contribution is -2.41. The topological polar surface area (TPSA) is 55.1 Å². The van der Waals surface area contributed by atoms with Crippen molar-refractivity contribution in [1.82, 2.24) is 5.32 Å². The Morgan fingerprint density at radius 3 is 2.67 bits per heavy atom. The Morgan fingerprint density at radius 2 is 2.11 bits per heavy atom. The maximum atomic E-state index is 12.1. The number of nitrogens with one attached hydrogen (secondary N) is 1. The van der Waals surface area contributed by atoms with Gasteiger partial charge in [-0.25, -0.2) is 0 Å². The van der Waals surface area contributed by atoms with Crippen LogP contribution in [0.3, 0.4) is 0 Å². The summed E-state index contributed by atoms with van der Waals surface area (Å²) in [5.74, 6) is -0.113. The highest BCUT2D eigenvalue weighted by Crippen LogP contribution is 2.20. The Kier molecular flexibility index (Phi) is 4.87. The molecule has 0 fully saturated rings. The van der Waals surface area contributed by atoms with Crippen molar-refractivity contribution >= 4 is 39.0 Å². The number of halogens is 1. The molecule has 98 valence electrons. The average Bonchev–Trinajstić information content (AvgIpc) is 2.29. The molecule has 0 atom stereocenters. The second-order valence-corrected chi connectivity index (χ2v) is 6.14. The first-order valence-corrected chi connectivity index (χ1v) is 6.79. The third-order valence-electron chi connectivity index (χ3n) is 2.87. The van der Waals surface area contributed by atoms with Crippen molar-refractivity contribution in [2.75, 3.05) is 6.54 Å². The molecule has 0 radical (unpaired) electrons. The maximum absolute atomic E-state index is 12.1. The fraction of sp³-hybridized carbons (Fsp3) is 0.385. The van der Waals surface area contributed by atoms with Crippen molar-refractivity contribution in [3.05, 3.63) is 33.8 Å². The van der Waals surface area contributed by atoms with Crippen LogP contribution >= 0.6 is 28.1 Å². The molecule has 0 aliphatic rings. The summed E-state index contributed by atoms with van der Waals surface area (Å²) in [5.41, 5.74) is 6.81. The van der Waals surface area contributed by atoms with Crippen molar-refractivity contribution in [3.8, 4) is 0 Å². The molecule has 1 aromatic carbocycles. The van der Waals surface area contributed by atoms with E-state index in [1.165, 1.54) is 0 Å². The number of thiocarbonyl (C=S) groups is 1. The Hall–Kier alpha value is -0.940. The number of carbonyl (C=O) groups excluding carboxylic acids is 1. The SMILES string of the molecule is Cc1c(Br)cccc1C(=O)NCC(C)(C)C(N)=S. The van der Waals surface area contributed by atoms with Crippen LogP contribution in [0.5, 0.6) is 0 Å². The van der Waals surface area contributed by atoms with Crippen LogP contribution in [0.2, 0.25) is 0 Å². The van der Waals surface area contributed by atoms with E-state index in [4.69, 9.17) is 18.0 Å². The van der Waals surface area contributed by atoms with E-state index >= 15 is 0 Å². The third-order valence-corrected chi connectivity index (χ3v) is 4.28. The van der Waals surface area contributed by atoms with Crippen LogP contribution in [0, 0.1) is 12.3 Å². The highest BCUT2D eigenvalue weighted by Gasteiger charge is 2.22. The lowest BCUT2D eigenvalue weighted by Gasteiger charge is -2.23. The Bertz CT molecular complexity index is 486. The Balaban J connectivity index is 2.78. The number of amides is 1. The molecule has 0 spiro atoms. The molecule has 0 bridgehead atoms. The molecule has 0 aliphatic carbocycles. The van der Waals surface area contributed by atoms with Gasteiger partial charge in [0.1, 0.15) is 0 Å². The van der Waals surface area contributed by atoms with Crippen LogP contribution in [0.25, 0.3) is 0 Å². The van der Waals surface area contributed by atoms with E-state index in [9.17, 15) is 4.79 Å². The summed E-state index contributed by atoms with van der Waals surface area (Å²) >= 11 is 8.37. The van der Waals surface area contributed by atoms with Gasteiger partial charge in [0.05, 0.1) is 4.99 Å². The lowest BCUT2D eigenvalue weighted by molar-refractivity contribution is 0.0944. The first-order chi connectivity index (χ1) is 8.25. The van der Waals surface area contributed by atoms with Crippen LogP contribution in [0.4, 0.5) is 0 Å². The van der Waals surface area contributed by atoms with Crippen molar-refractivity contribution in [3.63, 3.8) is 0 Å². The number of carbonyl (C=O) groups is 1. The minimum atomic E-state index is -0.384. The molecule has 0 unspecified atom stereocenters. The number of benzene rings is 1. The maximum Gasteiger partial charge on any atom is 0.251 e. The summed E-state index contributed by atoms with van der Waals surface area (Å²) in [7, 11) is 0.